The number of benzene rings is 2. The second-order valence-corrected chi connectivity index (χ2v) is 4.99. The van der Waals surface area contributed by atoms with Gasteiger partial charge in [0, 0.05) is 5.69 Å². The van der Waals surface area contributed by atoms with Gasteiger partial charge in [0.1, 0.15) is 11.4 Å². The molecule has 4 heteroatoms. The summed E-state index contributed by atoms with van der Waals surface area (Å²) < 4.78 is 13.5. The van der Waals surface area contributed by atoms with Gasteiger partial charge in [-0.1, -0.05) is 36.4 Å². The number of nitrogens with one attached hydrogen (secondary N) is 1. The Kier molecular flexibility index (Phi) is 3.86. The standard InChI is InChI=1S/C16H17FN2O/c1-11-8-9-13(10-14(11)17)19-15(20)16(2,18)12-6-4-3-5-7-12/h3-10H,18H2,1-2H3,(H,19,20). The summed E-state index contributed by atoms with van der Waals surface area (Å²) in [7, 11) is 0. The first-order chi connectivity index (χ1) is 9.41. The zero-order chi connectivity index (χ0) is 14.8. The number of carbonyl (C=O) groups excluding carboxylic acids is 1. The number of hydrogen-bond donors (Lipinski definition) is 2. The number of amides is 1. The lowest BCUT2D eigenvalue weighted by Gasteiger charge is -2.24. The summed E-state index contributed by atoms with van der Waals surface area (Å²) in [5.74, 6) is -0.742. The Morgan fingerprint density at radius 2 is 1.85 bits per heavy atom. The summed E-state index contributed by atoms with van der Waals surface area (Å²) in [5, 5.41) is 2.64. The fourth-order valence-corrected chi connectivity index (χ4v) is 1.85. The van der Waals surface area contributed by atoms with Gasteiger partial charge in [-0.25, -0.2) is 4.39 Å². The first-order valence-electron chi connectivity index (χ1n) is 6.33. The van der Waals surface area contributed by atoms with Crippen molar-refractivity contribution >= 4 is 11.6 Å². The number of carbonyl (C=O) groups is 1. The molecule has 1 amide bonds. The molecule has 0 saturated carbocycles. The average molecular weight is 272 g/mol. The van der Waals surface area contributed by atoms with Gasteiger partial charge in [0.2, 0.25) is 5.91 Å². The molecule has 0 saturated heterocycles. The maximum absolute atomic E-state index is 13.5. The molecule has 0 heterocycles. The zero-order valence-electron chi connectivity index (χ0n) is 11.5. The van der Waals surface area contributed by atoms with E-state index in [2.05, 4.69) is 5.32 Å². The molecule has 3 nitrogen and oxygen atoms in total. The van der Waals surface area contributed by atoms with E-state index in [-0.39, 0.29) is 11.7 Å². The third-order valence-corrected chi connectivity index (χ3v) is 3.27. The van der Waals surface area contributed by atoms with E-state index < -0.39 is 5.54 Å². The Bertz CT molecular complexity index is 624. The van der Waals surface area contributed by atoms with Crippen LogP contribution in [0.4, 0.5) is 10.1 Å². The molecule has 0 aliphatic carbocycles. The van der Waals surface area contributed by atoms with Gasteiger partial charge in [-0.2, -0.15) is 0 Å². The monoisotopic (exact) mass is 272 g/mol. The van der Waals surface area contributed by atoms with Crippen LogP contribution in [0, 0.1) is 12.7 Å². The van der Waals surface area contributed by atoms with Gasteiger partial charge in [-0.15, -0.1) is 0 Å². The van der Waals surface area contributed by atoms with Crippen LogP contribution in [0.3, 0.4) is 0 Å². The van der Waals surface area contributed by atoms with Gasteiger partial charge >= 0.3 is 0 Å². The molecule has 0 aliphatic heterocycles. The van der Waals surface area contributed by atoms with Crippen LogP contribution in [-0.4, -0.2) is 5.91 Å². The van der Waals surface area contributed by atoms with Crippen LogP contribution in [-0.2, 0) is 10.3 Å². The van der Waals surface area contributed by atoms with Crippen molar-refractivity contribution in [1.82, 2.24) is 0 Å². The molecule has 0 aliphatic rings. The minimum atomic E-state index is -1.18. The minimum absolute atomic E-state index is 0.360. The van der Waals surface area contributed by atoms with E-state index >= 15 is 0 Å². The highest BCUT2D eigenvalue weighted by Crippen LogP contribution is 2.21. The highest BCUT2D eigenvalue weighted by Gasteiger charge is 2.30. The average Bonchev–Trinajstić information content (AvgIpc) is 2.44. The first-order valence-corrected chi connectivity index (χ1v) is 6.33. The molecule has 0 spiro atoms. The Morgan fingerprint density at radius 1 is 1.20 bits per heavy atom. The second kappa shape index (κ2) is 5.43. The van der Waals surface area contributed by atoms with Crippen molar-refractivity contribution in [2.75, 3.05) is 5.32 Å². The van der Waals surface area contributed by atoms with E-state index in [0.717, 1.165) is 0 Å². The number of aryl methyl sites for hydroxylation is 1. The Hall–Kier alpha value is -2.20. The van der Waals surface area contributed by atoms with Crippen molar-refractivity contribution in [1.29, 1.82) is 0 Å². The molecule has 2 aromatic carbocycles. The molecule has 2 rings (SSSR count). The normalized spacial score (nSPS) is 13.6. The number of rotatable bonds is 3. The second-order valence-electron chi connectivity index (χ2n) is 4.99. The summed E-state index contributed by atoms with van der Waals surface area (Å²) >= 11 is 0. The number of nitrogens with two attached hydrogens (primary N) is 1. The van der Waals surface area contributed by atoms with E-state index in [1.165, 1.54) is 6.07 Å². The molecule has 0 bridgehead atoms. The van der Waals surface area contributed by atoms with Gasteiger partial charge in [-0.3, -0.25) is 4.79 Å². The van der Waals surface area contributed by atoms with E-state index in [1.54, 1.807) is 38.1 Å². The maximum Gasteiger partial charge on any atom is 0.248 e. The minimum Gasteiger partial charge on any atom is -0.324 e. The number of hydrogen-bond acceptors (Lipinski definition) is 2. The molecule has 2 aromatic rings. The van der Waals surface area contributed by atoms with Crippen LogP contribution in [0.1, 0.15) is 18.1 Å². The smallest absolute Gasteiger partial charge is 0.248 e. The van der Waals surface area contributed by atoms with E-state index in [9.17, 15) is 9.18 Å². The van der Waals surface area contributed by atoms with Gasteiger partial charge < -0.3 is 11.1 Å². The van der Waals surface area contributed by atoms with Gasteiger partial charge in [0.25, 0.3) is 0 Å². The summed E-state index contributed by atoms with van der Waals surface area (Å²) in [6, 6.07) is 13.6. The summed E-state index contributed by atoms with van der Waals surface area (Å²) in [4.78, 5) is 12.3. The third kappa shape index (κ3) is 2.86. The van der Waals surface area contributed by atoms with Crippen molar-refractivity contribution < 1.29 is 9.18 Å². The lowest BCUT2D eigenvalue weighted by Crippen LogP contribution is -2.45. The lowest BCUT2D eigenvalue weighted by atomic mass is 9.92. The molecule has 0 radical (unpaired) electrons. The highest BCUT2D eigenvalue weighted by atomic mass is 19.1. The maximum atomic E-state index is 13.5. The first kappa shape index (κ1) is 14.2. The molecule has 104 valence electrons. The van der Waals surface area contributed by atoms with Crippen LogP contribution in [0.15, 0.2) is 48.5 Å². The van der Waals surface area contributed by atoms with Crippen molar-refractivity contribution in [3.63, 3.8) is 0 Å². The van der Waals surface area contributed by atoms with Crippen LogP contribution < -0.4 is 11.1 Å². The molecule has 20 heavy (non-hydrogen) atoms. The number of halogens is 1. The predicted octanol–water partition coefficient (Wildman–Crippen LogP) is 2.95. The van der Waals surface area contributed by atoms with Crippen LogP contribution >= 0.6 is 0 Å². The van der Waals surface area contributed by atoms with E-state index in [0.29, 0.717) is 16.8 Å². The summed E-state index contributed by atoms with van der Waals surface area (Å²) in [6.45, 7) is 3.29. The quantitative estimate of drug-likeness (QED) is 0.902. The van der Waals surface area contributed by atoms with Crippen molar-refractivity contribution in [2.45, 2.75) is 19.4 Å². The molecule has 0 fully saturated rings. The molecule has 1 atom stereocenters. The number of anilines is 1. The van der Waals surface area contributed by atoms with Crippen molar-refractivity contribution in [3.8, 4) is 0 Å². The van der Waals surface area contributed by atoms with Gasteiger partial charge in [0.05, 0.1) is 0 Å². The molecular formula is C16H17FN2O. The fraction of sp³-hybridized carbons (Fsp3) is 0.188. The zero-order valence-corrected chi connectivity index (χ0v) is 11.5. The fourth-order valence-electron chi connectivity index (χ4n) is 1.85. The Morgan fingerprint density at radius 3 is 2.45 bits per heavy atom. The summed E-state index contributed by atoms with van der Waals surface area (Å²) in [5.41, 5.74) is 6.54. The van der Waals surface area contributed by atoms with Crippen molar-refractivity contribution in [3.05, 3.63) is 65.5 Å². The van der Waals surface area contributed by atoms with Gasteiger partial charge in [0.15, 0.2) is 0 Å². The largest absolute Gasteiger partial charge is 0.324 e. The molecule has 3 N–H and O–H groups in total. The van der Waals surface area contributed by atoms with Crippen LogP contribution in [0.2, 0.25) is 0 Å². The summed E-state index contributed by atoms with van der Waals surface area (Å²) in [6.07, 6.45) is 0. The van der Waals surface area contributed by atoms with E-state index in [4.69, 9.17) is 5.73 Å². The molecule has 0 aromatic heterocycles. The van der Waals surface area contributed by atoms with Crippen LogP contribution in [0.25, 0.3) is 0 Å². The molecule has 1 unspecified atom stereocenters. The predicted molar refractivity (Wildman–Crippen MR) is 77.7 cm³/mol. The highest BCUT2D eigenvalue weighted by molar-refractivity contribution is 5.98. The third-order valence-electron chi connectivity index (χ3n) is 3.27. The lowest BCUT2D eigenvalue weighted by molar-refractivity contribution is -0.120. The topological polar surface area (TPSA) is 55.1 Å². The Balaban J connectivity index is 2.21. The molecular weight excluding hydrogens is 255 g/mol. The van der Waals surface area contributed by atoms with Crippen molar-refractivity contribution in [2.24, 2.45) is 5.73 Å². The van der Waals surface area contributed by atoms with Crippen LogP contribution in [0.5, 0.6) is 0 Å². The van der Waals surface area contributed by atoms with E-state index in [1.807, 2.05) is 18.2 Å². The SMILES string of the molecule is Cc1ccc(NC(=O)C(C)(N)c2ccccc2)cc1F. The Labute approximate surface area is 117 Å². The van der Waals surface area contributed by atoms with Gasteiger partial charge in [-0.05, 0) is 37.1 Å².